The van der Waals surface area contributed by atoms with E-state index in [0.29, 0.717) is 21.3 Å². The third-order valence-electron chi connectivity index (χ3n) is 3.29. The maximum Gasteiger partial charge on any atom is 0.211 e. The summed E-state index contributed by atoms with van der Waals surface area (Å²) in [5, 5.41) is 0.810. The summed E-state index contributed by atoms with van der Waals surface area (Å²) in [7, 11) is 0. The van der Waals surface area contributed by atoms with Crippen molar-refractivity contribution in [3.8, 4) is 0 Å². The summed E-state index contributed by atoms with van der Waals surface area (Å²) in [5.41, 5.74) is 1.76. The van der Waals surface area contributed by atoms with Crippen LogP contribution in [0, 0.1) is 0 Å². The van der Waals surface area contributed by atoms with E-state index in [2.05, 4.69) is 4.98 Å². The lowest BCUT2D eigenvalue weighted by Crippen LogP contribution is -2.08. The van der Waals surface area contributed by atoms with Gasteiger partial charge in [-0.1, -0.05) is 53.5 Å². The average Bonchev–Trinajstić information content (AvgIpc) is 3.07. The molecule has 0 saturated heterocycles. The Morgan fingerprint density at radius 3 is 2.52 bits per heavy atom. The van der Waals surface area contributed by atoms with E-state index in [1.54, 1.807) is 47.6 Å². The first-order valence-corrected chi connectivity index (χ1v) is 7.65. The van der Waals surface area contributed by atoms with Gasteiger partial charge in [0, 0.05) is 23.0 Å². The van der Waals surface area contributed by atoms with Crippen molar-refractivity contribution < 1.29 is 4.79 Å². The van der Waals surface area contributed by atoms with Crippen LogP contribution in [0.2, 0.25) is 10.0 Å². The number of hydrogen-bond donors (Lipinski definition) is 0. The molecule has 0 fully saturated rings. The molecule has 0 saturated carbocycles. The topological polar surface area (TPSA) is 34.9 Å². The molecule has 114 valence electrons. The Morgan fingerprint density at radius 2 is 1.87 bits per heavy atom. The fourth-order valence-electron chi connectivity index (χ4n) is 2.18. The fourth-order valence-corrected chi connectivity index (χ4v) is 2.67. The summed E-state index contributed by atoms with van der Waals surface area (Å²) in [6, 6.07) is 14.4. The minimum Gasteiger partial charge on any atom is -0.303 e. The van der Waals surface area contributed by atoms with E-state index in [1.165, 1.54) is 0 Å². The van der Waals surface area contributed by atoms with E-state index in [0.717, 1.165) is 5.56 Å². The normalized spacial score (nSPS) is 11.5. The number of carbonyl (C=O) groups is 1. The van der Waals surface area contributed by atoms with Crippen LogP contribution in [0.3, 0.4) is 0 Å². The summed E-state index contributed by atoms with van der Waals surface area (Å²) < 4.78 is 1.67. The molecule has 1 aromatic heterocycles. The summed E-state index contributed by atoms with van der Waals surface area (Å²) in [5.74, 6) is -0.200. The summed E-state index contributed by atoms with van der Waals surface area (Å²) >= 11 is 12.1. The van der Waals surface area contributed by atoms with Gasteiger partial charge in [-0.3, -0.25) is 4.79 Å². The zero-order chi connectivity index (χ0) is 16.2. The van der Waals surface area contributed by atoms with Crippen molar-refractivity contribution >= 4 is 40.8 Å². The SMILES string of the molecule is O=C(C(=Cc1ccccc1)n1ccnc1)c1ccc(Cl)cc1Cl. The predicted octanol–water partition coefficient (Wildman–Crippen LogP) is 5.07. The molecule has 0 spiro atoms. The van der Waals surface area contributed by atoms with Crippen LogP contribution in [-0.4, -0.2) is 15.3 Å². The highest BCUT2D eigenvalue weighted by Gasteiger charge is 2.17. The zero-order valence-corrected chi connectivity index (χ0v) is 13.5. The van der Waals surface area contributed by atoms with Crippen molar-refractivity contribution in [2.75, 3.05) is 0 Å². The van der Waals surface area contributed by atoms with E-state index < -0.39 is 0 Å². The molecule has 5 heteroatoms. The summed E-state index contributed by atoms with van der Waals surface area (Å²) in [4.78, 5) is 16.9. The first-order valence-electron chi connectivity index (χ1n) is 6.90. The van der Waals surface area contributed by atoms with Crippen molar-refractivity contribution in [2.45, 2.75) is 0 Å². The minimum atomic E-state index is -0.200. The van der Waals surface area contributed by atoms with Crippen molar-refractivity contribution in [1.29, 1.82) is 0 Å². The number of allylic oxidation sites excluding steroid dienone is 1. The number of benzene rings is 2. The molecule has 1 heterocycles. The summed E-state index contributed by atoms with van der Waals surface area (Å²) in [6.45, 7) is 0. The average molecular weight is 343 g/mol. The number of Topliss-reactive ketones (excluding diaryl/α,β-unsaturated/α-hetero) is 1. The number of nitrogens with zero attached hydrogens (tertiary/aromatic N) is 2. The number of rotatable bonds is 4. The number of halogens is 2. The second-order valence-electron chi connectivity index (χ2n) is 4.86. The smallest absolute Gasteiger partial charge is 0.211 e. The van der Waals surface area contributed by atoms with Crippen molar-refractivity contribution in [1.82, 2.24) is 9.55 Å². The highest BCUT2D eigenvalue weighted by atomic mass is 35.5. The molecule has 0 aliphatic heterocycles. The Bertz CT molecular complexity index is 856. The maximum atomic E-state index is 12.9. The number of imidazole rings is 1. The van der Waals surface area contributed by atoms with Gasteiger partial charge in [0.15, 0.2) is 0 Å². The van der Waals surface area contributed by atoms with Crippen LogP contribution in [-0.2, 0) is 0 Å². The van der Waals surface area contributed by atoms with Gasteiger partial charge in [-0.2, -0.15) is 0 Å². The van der Waals surface area contributed by atoms with Crippen molar-refractivity contribution in [3.63, 3.8) is 0 Å². The lowest BCUT2D eigenvalue weighted by atomic mass is 10.1. The molecule has 0 unspecified atom stereocenters. The van der Waals surface area contributed by atoms with E-state index in [1.807, 2.05) is 30.3 Å². The molecule has 0 bridgehead atoms. The Balaban J connectivity index is 2.09. The van der Waals surface area contributed by atoms with E-state index in [9.17, 15) is 4.79 Å². The molecule has 3 aromatic rings. The van der Waals surface area contributed by atoms with Gasteiger partial charge < -0.3 is 4.57 Å². The van der Waals surface area contributed by atoms with Crippen molar-refractivity contribution in [3.05, 3.63) is 88.4 Å². The van der Waals surface area contributed by atoms with E-state index in [-0.39, 0.29) is 5.78 Å². The van der Waals surface area contributed by atoms with Gasteiger partial charge in [0.1, 0.15) is 0 Å². The largest absolute Gasteiger partial charge is 0.303 e. The van der Waals surface area contributed by atoms with Gasteiger partial charge in [-0.25, -0.2) is 4.98 Å². The number of carbonyl (C=O) groups excluding carboxylic acids is 1. The molecule has 3 rings (SSSR count). The van der Waals surface area contributed by atoms with Crippen LogP contribution in [0.1, 0.15) is 15.9 Å². The first kappa shape index (κ1) is 15.5. The fraction of sp³-hybridized carbons (Fsp3) is 0. The molecular weight excluding hydrogens is 331 g/mol. The predicted molar refractivity (Wildman–Crippen MR) is 93.6 cm³/mol. The van der Waals surface area contributed by atoms with E-state index >= 15 is 0 Å². The zero-order valence-electron chi connectivity index (χ0n) is 12.0. The second-order valence-corrected chi connectivity index (χ2v) is 5.71. The number of ketones is 1. The standard InChI is InChI=1S/C18H12Cl2N2O/c19-14-6-7-15(16(20)11-14)18(23)17(22-9-8-21-12-22)10-13-4-2-1-3-5-13/h1-12H. The molecule has 2 aromatic carbocycles. The Labute approximate surface area is 143 Å². The number of aromatic nitrogens is 2. The molecule has 23 heavy (non-hydrogen) atoms. The molecule has 0 radical (unpaired) electrons. The van der Waals surface area contributed by atoms with Gasteiger partial charge >= 0.3 is 0 Å². The van der Waals surface area contributed by atoms with Gasteiger partial charge in [-0.05, 0) is 29.8 Å². The van der Waals surface area contributed by atoms with E-state index in [4.69, 9.17) is 23.2 Å². The van der Waals surface area contributed by atoms with Crippen LogP contribution >= 0.6 is 23.2 Å². The first-order chi connectivity index (χ1) is 11.1. The molecule has 3 nitrogen and oxygen atoms in total. The highest BCUT2D eigenvalue weighted by molar-refractivity contribution is 6.40. The lowest BCUT2D eigenvalue weighted by Gasteiger charge is -2.10. The molecule has 0 atom stereocenters. The van der Waals surface area contributed by atoms with Gasteiger partial charge in [0.2, 0.25) is 5.78 Å². The molecule has 0 aliphatic rings. The molecule has 0 N–H and O–H groups in total. The maximum absolute atomic E-state index is 12.9. The highest BCUT2D eigenvalue weighted by Crippen LogP contribution is 2.25. The quantitative estimate of drug-likeness (QED) is 0.490. The summed E-state index contributed by atoms with van der Waals surface area (Å²) in [6.07, 6.45) is 6.72. The monoisotopic (exact) mass is 342 g/mol. The molecule has 0 aliphatic carbocycles. The van der Waals surface area contributed by atoms with Gasteiger partial charge in [-0.15, -0.1) is 0 Å². The third kappa shape index (κ3) is 3.52. The number of hydrogen-bond acceptors (Lipinski definition) is 2. The second kappa shape index (κ2) is 6.82. The van der Waals surface area contributed by atoms with Gasteiger partial charge in [0.25, 0.3) is 0 Å². The van der Waals surface area contributed by atoms with Crippen LogP contribution in [0.4, 0.5) is 0 Å². The van der Waals surface area contributed by atoms with Gasteiger partial charge in [0.05, 0.1) is 17.0 Å². The lowest BCUT2D eigenvalue weighted by molar-refractivity contribution is 0.105. The van der Waals surface area contributed by atoms with Crippen LogP contribution < -0.4 is 0 Å². The van der Waals surface area contributed by atoms with Crippen LogP contribution in [0.5, 0.6) is 0 Å². The Kier molecular flexibility index (Phi) is 4.60. The molecular formula is C18H12Cl2N2O. The Morgan fingerprint density at radius 1 is 1.09 bits per heavy atom. The Hall–Kier alpha value is -2.36. The van der Waals surface area contributed by atoms with Crippen molar-refractivity contribution in [2.24, 2.45) is 0 Å². The minimum absolute atomic E-state index is 0.200. The third-order valence-corrected chi connectivity index (χ3v) is 3.84. The van der Waals surface area contributed by atoms with Crippen LogP contribution in [0.15, 0.2) is 67.3 Å². The van der Waals surface area contributed by atoms with Crippen LogP contribution in [0.25, 0.3) is 11.8 Å². The molecule has 0 amide bonds.